The fraction of sp³-hybridized carbons (Fsp3) is 0.233. The first-order chi connectivity index (χ1) is 20.5. The number of ether oxygens (including phenoxy) is 1. The molecule has 2 aromatic carbocycles. The van der Waals surface area contributed by atoms with Crippen molar-refractivity contribution in [1.29, 1.82) is 0 Å². The van der Waals surface area contributed by atoms with Gasteiger partial charge in [0, 0.05) is 36.6 Å². The van der Waals surface area contributed by atoms with E-state index in [4.69, 9.17) is 20.0 Å². The van der Waals surface area contributed by atoms with Gasteiger partial charge >= 0.3 is 0 Å². The summed E-state index contributed by atoms with van der Waals surface area (Å²) in [4.78, 5) is 28.5. The Hall–Kier alpha value is -5.39. The molecule has 7 rings (SSSR count). The maximum absolute atomic E-state index is 13.3. The second kappa shape index (κ2) is 10.2. The Morgan fingerprint density at radius 2 is 1.93 bits per heavy atom. The molecule has 0 atom stereocenters. The number of benzene rings is 2. The van der Waals surface area contributed by atoms with Crippen LogP contribution in [0.2, 0.25) is 0 Å². The molecule has 0 unspecified atom stereocenters. The van der Waals surface area contributed by atoms with E-state index in [-0.39, 0.29) is 11.9 Å². The molecule has 0 aliphatic carbocycles. The number of methoxy groups -OCH3 is 1. The van der Waals surface area contributed by atoms with E-state index >= 15 is 0 Å². The van der Waals surface area contributed by atoms with Crippen LogP contribution in [-0.4, -0.2) is 55.4 Å². The topological polar surface area (TPSA) is 142 Å². The summed E-state index contributed by atoms with van der Waals surface area (Å²) in [5.74, 6) is 0.616. The molecule has 0 bridgehead atoms. The minimum absolute atomic E-state index is 0.114. The van der Waals surface area contributed by atoms with Gasteiger partial charge in [0.15, 0.2) is 5.65 Å². The molecule has 12 heteroatoms. The number of carbonyl (C=O) groups excluding carboxylic acids is 1. The van der Waals surface area contributed by atoms with E-state index in [1.807, 2.05) is 64.8 Å². The summed E-state index contributed by atoms with van der Waals surface area (Å²) in [6.45, 7) is 1.56. The van der Waals surface area contributed by atoms with Crippen molar-refractivity contribution in [2.75, 3.05) is 36.1 Å². The van der Waals surface area contributed by atoms with Crippen LogP contribution in [0.1, 0.15) is 29.4 Å². The molecule has 1 amide bonds. The molecule has 42 heavy (non-hydrogen) atoms. The highest BCUT2D eigenvalue weighted by Crippen LogP contribution is 2.37. The van der Waals surface area contributed by atoms with Gasteiger partial charge in [-0.05, 0) is 37.1 Å². The Morgan fingerprint density at radius 1 is 1.10 bits per heavy atom. The molecule has 0 saturated carbocycles. The quantitative estimate of drug-likeness (QED) is 0.296. The number of nitrogens with two attached hydrogens (primary N) is 1. The van der Waals surface area contributed by atoms with Crippen LogP contribution >= 0.6 is 0 Å². The molecule has 0 radical (unpaired) electrons. The summed E-state index contributed by atoms with van der Waals surface area (Å²) in [7, 11) is 3.45. The lowest BCUT2D eigenvalue weighted by Crippen LogP contribution is -2.35. The first kappa shape index (κ1) is 25.6. The lowest BCUT2D eigenvalue weighted by Gasteiger charge is -2.31. The molecule has 212 valence electrons. The van der Waals surface area contributed by atoms with Crippen LogP contribution in [0.25, 0.3) is 33.2 Å². The highest BCUT2D eigenvalue weighted by atomic mass is 16.5. The number of hydrogen-bond acceptors (Lipinski definition) is 9. The predicted molar refractivity (Wildman–Crippen MR) is 160 cm³/mol. The summed E-state index contributed by atoms with van der Waals surface area (Å²) in [5.41, 5.74) is 10.6. The van der Waals surface area contributed by atoms with Crippen LogP contribution in [0.5, 0.6) is 5.75 Å². The van der Waals surface area contributed by atoms with Crippen molar-refractivity contribution >= 4 is 45.4 Å². The van der Waals surface area contributed by atoms with Gasteiger partial charge in [0.1, 0.15) is 35.5 Å². The number of amides is 1. The van der Waals surface area contributed by atoms with Gasteiger partial charge < -0.3 is 29.7 Å². The lowest BCUT2D eigenvalue weighted by molar-refractivity contribution is 0.101. The average Bonchev–Trinajstić information content (AvgIpc) is 3.76. The number of nitrogens with one attached hydrogen (secondary N) is 1. The summed E-state index contributed by atoms with van der Waals surface area (Å²) >= 11 is 0. The standard InChI is InChI=1S/C30H29N9O3/c1-37-22-6-4-3-5-18(22)15-23(37)29(40)35-21-8-7-19(16-24(21)41-2)26-25-27(31)33-17-34-28(25)39(36-26)20-9-12-38(13-10-20)30-32-11-14-42-30/h3-8,11,14-17,20H,9-10,12-13H2,1-2H3,(H,35,40)(H2,31,33,34). The highest BCUT2D eigenvalue weighted by Gasteiger charge is 2.28. The van der Waals surface area contributed by atoms with Crippen molar-refractivity contribution < 1.29 is 13.9 Å². The zero-order chi connectivity index (χ0) is 28.8. The number of oxazole rings is 1. The number of aryl methyl sites for hydroxylation is 1. The van der Waals surface area contributed by atoms with Crippen molar-refractivity contribution in [2.24, 2.45) is 7.05 Å². The van der Waals surface area contributed by atoms with Gasteiger partial charge in [0.05, 0.1) is 30.4 Å². The predicted octanol–water partition coefficient (Wildman–Crippen LogP) is 4.66. The Balaban J connectivity index is 1.20. The molecule has 1 aliphatic heterocycles. The van der Waals surface area contributed by atoms with Crippen LogP contribution in [0.3, 0.4) is 0 Å². The largest absolute Gasteiger partial charge is 0.495 e. The van der Waals surface area contributed by atoms with Gasteiger partial charge in [0.25, 0.3) is 11.9 Å². The summed E-state index contributed by atoms with van der Waals surface area (Å²) in [6, 6.07) is 16.1. The van der Waals surface area contributed by atoms with Gasteiger partial charge in [-0.25, -0.2) is 19.6 Å². The van der Waals surface area contributed by atoms with Crippen molar-refractivity contribution in [3.8, 4) is 17.0 Å². The Labute approximate surface area is 240 Å². The van der Waals surface area contributed by atoms with E-state index in [1.54, 1.807) is 19.6 Å². The zero-order valence-corrected chi connectivity index (χ0v) is 23.2. The van der Waals surface area contributed by atoms with Crippen LogP contribution in [-0.2, 0) is 7.05 Å². The van der Waals surface area contributed by atoms with E-state index in [9.17, 15) is 4.79 Å². The molecule has 6 aromatic rings. The number of rotatable bonds is 6. The molecular weight excluding hydrogens is 534 g/mol. The Kier molecular flexibility index (Phi) is 6.22. The molecule has 1 fully saturated rings. The average molecular weight is 564 g/mol. The Morgan fingerprint density at radius 3 is 2.69 bits per heavy atom. The summed E-state index contributed by atoms with van der Waals surface area (Å²) < 4.78 is 15.0. The third-order valence-corrected chi connectivity index (χ3v) is 7.93. The normalized spacial score (nSPS) is 14.1. The first-order valence-electron chi connectivity index (χ1n) is 13.7. The maximum atomic E-state index is 13.3. The smallest absolute Gasteiger partial charge is 0.297 e. The van der Waals surface area contributed by atoms with Crippen LogP contribution in [0.15, 0.2) is 71.7 Å². The number of piperidine rings is 1. The molecule has 1 aliphatic rings. The maximum Gasteiger partial charge on any atom is 0.297 e. The van der Waals surface area contributed by atoms with Gasteiger partial charge in [0.2, 0.25) is 0 Å². The number of aromatic nitrogens is 6. The van der Waals surface area contributed by atoms with E-state index in [0.29, 0.717) is 45.7 Å². The van der Waals surface area contributed by atoms with Crippen molar-refractivity contribution in [3.63, 3.8) is 0 Å². The fourth-order valence-corrected chi connectivity index (χ4v) is 5.76. The SMILES string of the molecule is COc1cc(-c2nn(C3CCN(c4ncco4)CC3)c3ncnc(N)c23)ccc1NC(=O)c1cc2ccccc2n1C. The van der Waals surface area contributed by atoms with Crippen molar-refractivity contribution in [1.82, 2.24) is 29.3 Å². The molecule has 4 aromatic heterocycles. The van der Waals surface area contributed by atoms with E-state index in [2.05, 4.69) is 25.2 Å². The minimum atomic E-state index is -0.233. The van der Waals surface area contributed by atoms with Crippen LogP contribution < -0.4 is 20.7 Å². The second-order valence-electron chi connectivity index (χ2n) is 10.3. The molecule has 3 N–H and O–H groups in total. The van der Waals surface area contributed by atoms with Crippen molar-refractivity contribution in [3.05, 3.63) is 73.0 Å². The van der Waals surface area contributed by atoms with Gasteiger partial charge in [-0.3, -0.25) is 4.79 Å². The number of anilines is 3. The monoisotopic (exact) mass is 563 g/mol. The van der Waals surface area contributed by atoms with Gasteiger partial charge in [-0.15, -0.1) is 0 Å². The zero-order valence-electron chi connectivity index (χ0n) is 23.2. The number of fused-ring (bicyclic) bond motifs is 2. The van der Waals surface area contributed by atoms with Crippen molar-refractivity contribution in [2.45, 2.75) is 18.9 Å². The van der Waals surface area contributed by atoms with Gasteiger partial charge in [-0.1, -0.05) is 24.3 Å². The molecule has 5 heterocycles. The molecule has 0 spiro atoms. The third kappa shape index (κ3) is 4.28. The lowest BCUT2D eigenvalue weighted by atomic mass is 10.1. The third-order valence-electron chi connectivity index (χ3n) is 7.93. The van der Waals surface area contributed by atoms with Crippen LogP contribution in [0.4, 0.5) is 17.5 Å². The molecule has 1 saturated heterocycles. The fourth-order valence-electron chi connectivity index (χ4n) is 5.76. The number of hydrogen-bond donors (Lipinski definition) is 2. The summed E-state index contributed by atoms with van der Waals surface area (Å²) in [6.07, 6.45) is 6.38. The van der Waals surface area contributed by atoms with E-state index < -0.39 is 0 Å². The van der Waals surface area contributed by atoms with Gasteiger partial charge in [-0.2, -0.15) is 5.10 Å². The van der Waals surface area contributed by atoms with Crippen LogP contribution in [0, 0.1) is 0 Å². The first-order valence-corrected chi connectivity index (χ1v) is 13.7. The second-order valence-corrected chi connectivity index (χ2v) is 10.3. The summed E-state index contributed by atoms with van der Waals surface area (Å²) in [5, 5.41) is 9.69. The molecular formula is C30H29N9O3. The number of nitrogen functional groups attached to an aromatic ring is 1. The van der Waals surface area contributed by atoms with E-state index in [1.165, 1.54) is 6.33 Å². The minimum Gasteiger partial charge on any atom is -0.495 e. The number of para-hydroxylation sites is 1. The highest BCUT2D eigenvalue weighted by molar-refractivity contribution is 6.07. The number of nitrogens with zero attached hydrogens (tertiary/aromatic N) is 7. The Bertz CT molecular complexity index is 1920. The number of carbonyl (C=O) groups is 1. The molecule has 12 nitrogen and oxygen atoms in total. The van der Waals surface area contributed by atoms with E-state index in [0.717, 1.165) is 42.4 Å².